The Hall–Kier alpha value is -2.11. The molecule has 0 spiro atoms. The number of methoxy groups -OCH3 is 1. The summed E-state index contributed by atoms with van der Waals surface area (Å²) in [6.07, 6.45) is 1.75. The molecule has 1 aromatic rings. The minimum atomic E-state index is -0.440. The van der Waals surface area contributed by atoms with Crippen LogP contribution in [0, 0.1) is 12.8 Å². The molecule has 1 atom stereocenters. The summed E-state index contributed by atoms with van der Waals surface area (Å²) in [6.45, 7) is 2.19. The number of nitrogens with zero attached hydrogens (tertiary/aromatic N) is 2. The summed E-state index contributed by atoms with van der Waals surface area (Å²) in [5.74, 6) is -0.466. The highest BCUT2D eigenvalue weighted by atomic mass is 16.5. The number of anilines is 1. The van der Waals surface area contributed by atoms with E-state index in [2.05, 4.69) is 4.98 Å². The molecular formula is C12H15N3O3. The van der Waals surface area contributed by atoms with Crippen molar-refractivity contribution in [3.05, 3.63) is 17.8 Å². The van der Waals surface area contributed by atoms with Crippen molar-refractivity contribution >= 4 is 17.5 Å². The topological polar surface area (TPSA) is 85.5 Å². The first-order chi connectivity index (χ1) is 8.52. The fourth-order valence-corrected chi connectivity index (χ4v) is 2.05. The first kappa shape index (κ1) is 12.3. The van der Waals surface area contributed by atoms with Gasteiger partial charge in [-0.15, -0.1) is 0 Å². The van der Waals surface area contributed by atoms with Crippen LogP contribution in [0.5, 0.6) is 5.88 Å². The number of primary amides is 1. The molecule has 2 rings (SSSR count). The van der Waals surface area contributed by atoms with Gasteiger partial charge in [-0.25, -0.2) is 4.98 Å². The molecule has 6 nitrogen and oxygen atoms in total. The van der Waals surface area contributed by atoms with E-state index in [0.717, 1.165) is 5.56 Å². The van der Waals surface area contributed by atoms with Gasteiger partial charge in [-0.1, -0.05) is 0 Å². The van der Waals surface area contributed by atoms with Crippen LogP contribution in [0.2, 0.25) is 0 Å². The zero-order valence-corrected chi connectivity index (χ0v) is 10.3. The van der Waals surface area contributed by atoms with E-state index in [1.807, 2.05) is 6.92 Å². The second-order valence-electron chi connectivity index (χ2n) is 4.32. The molecule has 96 valence electrons. The number of nitrogens with two attached hydrogens (primary N) is 1. The van der Waals surface area contributed by atoms with Crippen molar-refractivity contribution in [3.63, 3.8) is 0 Å². The molecule has 0 aliphatic carbocycles. The van der Waals surface area contributed by atoms with Crippen molar-refractivity contribution in [2.45, 2.75) is 13.3 Å². The van der Waals surface area contributed by atoms with E-state index < -0.39 is 11.8 Å². The minimum Gasteiger partial charge on any atom is -0.481 e. The molecule has 6 heteroatoms. The number of pyridine rings is 1. The molecule has 1 aliphatic heterocycles. The van der Waals surface area contributed by atoms with E-state index in [4.69, 9.17) is 10.5 Å². The van der Waals surface area contributed by atoms with Gasteiger partial charge in [-0.2, -0.15) is 0 Å². The zero-order valence-electron chi connectivity index (χ0n) is 10.3. The SMILES string of the molecule is COc1cc(C)c(N2CC(C(N)=O)CC2=O)cn1. The van der Waals surface area contributed by atoms with Gasteiger partial charge in [0.05, 0.1) is 24.9 Å². The number of carbonyl (C=O) groups excluding carboxylic acids is 2. The largest absolute Gasteiger partial charge is 0.481 e. The van der Waals surface area contributed by atoms with E-state index in [9.17, 15) is 9.59 Å². The molecule has 0 radical (unpaired) electrons. The third-order valence-corrected chi connectivity index (χ3v) is 3.09. The van der Waals surface area contributed by atoms with Gasteiger partial charge in [0.25, 0.3) is 0 Å². The molecule has 0 saturated carbocycles. The number of amides is 2. The Balaban J connectivity index is 2.27. The summed E-state index contributed by atoms with van der Waals surface area (Å²) in [7, 11) is 1.53. The van der Waals surface area contributed by atoms with E-state index in [-0.39, 0.29) is 12.3 Å². The van der Waals surface area contributed by atoms with Gasteiger partial charge in [0.15, 0.2) is 0 Å². The summed E-state index contributed by atoms with van der Waals surface area (Å²) in [5, 5.41) is 0. The Bertz CT molecular complexity index is 501. The molecule has 1 fully saturated rings. The van der Waals surface area contributed by atoms with E-state index >= 15 is 0 Å². The van der Waals surface area contributed by atoms with Crippen molar-refractivity contribution in [1.29, 1.82) is 0 Å². The number of ether oxygens (including phenoxy) is 1. The third-order valence-electron chi connectivity index (χ3n) is 3.09. The smallest absolute Gasteiger partial charge is 0.227 e. The van der Waals surface area contributed by atoms with E-state index in [1.165, 1.54) is 7.11 Å². The molecule has 1 unspecified atom stereocenters. The van der Waals surface area contributed by atoms with Crippen molar-refractivity contribution in [2.75, 3.05) is 18.6 Å². The highest BCUT2D eigenvalue weighted by molar-refractivity contribution is 6.00. The molecule has 0 aromatic carbocycles. The third kappa shape index (κ3) is 2.13. The van der Waals surface area contributed by atoms with Crippen LogP contribution in [0.4, 0.5) is 5.69 Å². The van der Waals surface area contributed by atoms with Crippen LogP contribution in [-0.4, -0.2) is 30.5 Å². The van der Waals surface area contributed by atoms with Crippen LogP contribution in [-0.2, 0) is 9.59 Å². The van der Waals surface area contributed by atoms with Gasteiger partial charge in [0, 0.05) is 19.0 Å². The van der Waals surface area contributed by atoms with Crippen LogP contribution in [0.1, 0.15) is 12.0 Å². The fraction of sp³-hybridized carbons (Fsp3) is 0.417. The molecule has 2 heterocycles. The van der Waals surface area contributed by atoms with E-state index in [0.29, 0.717) is 18.1 Å². The average molecular weight is 249 g/mol. The molecule has 1 aromatic heterocycles. The lowest BCUT2D eigenvalue weighted by atomic mass is 10.1. The fourth-order valence-electron chi connectivity index (χ4n) is 2.05. The lowest BCUT2D eigenvalue weighted by Gasteiger charge is -2.18. The second kappa shape index (κ2) is 4.64. The molecule has 18 heavy (non-hydrogen) atoms. The minimum absolute atomic E-state index is 0.103. The average Bonchev–Trinajstić information content (AvgIpc) is 2.71. The second-order valence-corrected chi connectivity index (χ2v) is 4.32. The Morgan fingerprint density at radius 2 is 2.33 bits per heavy atom. The standard InChI is InChI=1S/C12H15N3O3/c1-7-3-10(18-2)14-5-9(7)15-6-8(12(13)17)4-11(15)16/h3,5,8H,4,6H2,1-2H3,(H2,13,17). The van der Waals surface area contributed by atoms with Crippen molar-refractivity contribution in [3.8, 4) is 5.88 Å². The molecular weight excluding hydrogens is 234 g/mol. The number of carbonyl (C=O) groups is 2. The molecule has 0 bridgehead atoms. The number of aromatic nitrogens is 1. The lowest BCUT2D eigenvalue weighted by Crippen LogP contribution is -2.28. The lowest BCUT2D eigenvalue weighted by molar-refractivity contribution is -0.123. The predicted octanol–water partition coefficient (Wildman–Crippen LogP) is 0.237. The number of rotatable bonds is 3. The van der Waals surface area contributed by atoms with Gasteiger partial charge in [0.2, 0.25) is 17.7 Å². The summed E-state index contributed by atoms with van der Waals surface area (Å²) < 4.78 is 5.01. The number of hydrogen-bond acceptors (Lipinski definition) is 4. The van der Waals surface area contributed by atoms with Crippen LogP contribution >= 0.6 is 0 Å². The first-order valence-corrected chi connectivity index (χ1v) is 5.63. The maximum atomic E-state index is 11.9. The van der Waals surface area contributed by atoms with E-state index in [1.54, 1.807) is 17.2 Å². The van der Waals surface area contributed by atoms with Crippen molar-refractivity contribution in [1.82, 2.24) is 4.98 Å². The van der Waals surface area contributed by atoms with Gasteiger partial charge in [0.1, 0.15) is 0 Å². The van der Waals surface area contributed by atoms with Crippen LogP contribution < -0.4 is 15.4 Å². The highest BCUT2D eigenvalue weighted by Crippen LogP contribution is 2.28. The molecule has 2 amide bonds. The maximum absolute atomic E-state index is 11.9. The van der Waals surface area contributed by atoms with Crippen LogP contribution in [0.25, 0.3) is 0 Å². The number of hydrogen-bond donors (Lipinski definition) is 1. The Morgan fingerprint density at radius 1 is 1.61 bits per heavy atom. The summed E-state index contributed by atoms with van der Waals surface area (Å²) in [5.41, 5.74) is 6.80. The summed E-state index contributed by atoms with van der Waals surface area (Å²) in [6, 6.07) is 1.75. The first-order valence-electron chi connectivity index (χ1n) is 5.63. The monoisotopic (exact) mass is 249 g/mol. The highest BCUT2D eigenvalue weighted by Gasteiger charge is 2.34. The zero-order chi connectivity index (χ0) is 13.3. The molecule has 2 N–H and O–H groups in total. The predicted molar refractivity (Wildman–Crippen MR) is 65.2 cm³/mol. The Labute approximate surface area is 105 Å². The van der Waals surface area contributed by atoms with Gasteiger partial charge >= 0.3 is 0 Å². The maximum Gasteiger partial charge on any atom is 0.227 e. The quantitative estimate of drug-likeness (QED) is 0.831. The van der Waals surface area contributed by atoms with Gasteiger partial charge < -0.3 is 15.4 Å². The molecule has 1 aliphatic rings. The van der Waals surface area contributed by atoms with Crippen LogP contribution in [0.3, 0.4) is 0 Å². The van der Waals surface area contributed by atoms with Crippen molar-refractivity contribution < 1.29 is 14.3 Å². The Morgan fingerprint density at radius 3 is 2.83 bits per heavy atom. The molecule has 1 saturated heterocycles. The van der Waals surface area contributed by atoms with Crippen molar-refractivity contribution in [2.24, 2.45) is 11.7 Å². The summed E-state index contributed by atoms with van der Waals surface area (Å²) >= 11 is 0. The Kier molecular flexibility index (Phi) is 3.18. The van der Waals surface area contributed by atoms with Crippen LogP contribution in [0.15, 0.2) is 12.3 Å². The normalized spacial score (nSPS) is 19.1. The number of aryl methyl sites for hydroxylation is 1. The van der Waals surface area contributed by atoms with Gasteiger partial charge in [-0.3, -0.25) is 9.59 Å². The van der Waals surface area contributed by atoms with Gasteiger partial charge in [-0.05, 0) is 12.5 Å². The summed E-state index contributed by atoms with van der Waals surface area (Å²) in [4.78, 5) is 28.6.